The highest BCUT2D eigenvalue weighted by molar-refractivity contribution is 7.13. The molecule has 0 saturated carbocycles. The second kappa shape index (κ2) is 31.8. The fourth-order valence-corrected chi connectivity index (χ4v) is 14.1. The molecule has 8 N–H and O–H groups in total. The van der Waals surface area contributed by atoms with E-state index in [-0.39, 0.29) is 84.0 Å². The summed E-state index contributed by atoms with van der Waals surface area (Å²) in [5, 5.41) is 31.2. The van der Waals surface area contributed by atoms with Crippen LogP contribution in [0.25, 0.3) is 10.4 Å². The van der Waals surface area contributed by atoms with Crippen LogP contribution in [0.1, 0.15) is 185 Å². The standard InChI is InChI=1S/C25H36N4O3S.C17H19N3O3.C17H21N3O2.C17H20N2O3/c1-15(2)28-22(25(4,5)6)24(32)29-13-19(30)11-20(29)23(31)26-12-17-7-9-18(10-8-17)21-16(3)27-14-33-21;1-9(2)18-12-6-4-5-11-14(12)17(23)20(16(11)22)13-8-7-10(3)19-15(13)21;1-10(2)18-14-6-4-5-12-13(14)9-20(17(12)22)15-8-7-11(3)19-16(15)21;1-10(2)22-15-6-4-5-12-13(15)9-19(17(12)21)14-8-7-11(3)18-16(14)20/h7-10,14-15,19-20,22,28,30H,11-13H2,1-6H3,(H,26,31);4-6,9,13,18H,3,7-8H2,1-2H3,(H,19,21);4-6,10,15,18H,3,7-9H2,1-2H3,(H,19,21);4-6,10,14H,3,7-9H2,1-2H3,(H,18,20)/t19-,20+,22-;;;14-/m1..0/s1. The van der Waals surface area contributed by atoms with Crippen LogP contribution >= 0.6 is 11.3 Å². The largest absolute Gasteiger partial charge is 0.491 e. The van der Waals surface area contributed by atoms with Gasteiger partial charge >= 0.3 is 0 Å². The van der Waals surface area contributed by atoms with Crippen LogP contribution in [-0.4, -0.2) is 150 Å². The SMILES string of the molecule is C=C1CCC(N2C(=O)c3cccc(NC(C)C)c3C2=O)C(=O)N1.C=C1CCC(N2Cc3c(NC(C)C)cccc3C2=O)C(=O)N1.C=C1CC[C@H](N2Cc3c(OC(C)C)cccc3C2=O)C(=O)N1.Cc1ncsc1-c1ccc(CNC(=O)[C@@H]2C[C@@H](O)CN2C(=O)[C@@H](NC(C)C)C(C)(C)C)cc1. The van der Waals surface area contributed by atoms with Crippen molar-refractivity contribution < 1.29 is 53.0 Å². The van der Waals surface area contributed by atoms with Crippen LogP contribution < -0.4 is 42.0 Å². The summed E-state index contributed by atoms with van der Waals surface area (Å²) in [4.78, 5) is 125. The van der Waals surface area contributed by atoms with Gasteiger partial charge in [-0.05, 0) is 140 Å². The smallest absolute Gasteiger partial charge is 0.264 e. The van der Waals surface area contributed by atoms with E-state index in [1.165, 1.54) is 0 Å². The molecule has 9 amide bonds. The number of anilines is 2. The number of aliphatic hydroxyl groups is 1. The lowest BCUT2D eigenvalue weighted by Crippen LogP contribution is -2.57. The first-order chi connectivity index (χ1) is 47.3. The number of hydrogen-bond acceptors (Lipinski definition) is 16. The number of hydrogen-bond donors (Lipinski definition) is 8. The Morgan fingerprint density at radius 1 is 0.650 bits per heavy atom. The Balaban J connectivity index is 0.000000158. The third-order valence-electron chi connectivity index (χ3n) is 18.1. The molecule has 4 saturated heterocycles. The van der Waals surface area contributed by atoms with Gasteiger partial charge in [-0.15, -0.1) is 11.3 Å². The molecule has 7 aliphatic rings. The van der Waals surface area contributed by atoms with Crippen LogP contribution in [0.15, 0.2) is 121 Å². The van der Waals surface area contributed by atoms with Crippen molar-refractivity contribution in [1.82, 2.24) is 51.2 Å². The summed E-state index contributed by atoms with van der Waals surface area (Å²) in [6.07, 6.45) is 3.22. The molecule has 532 valence electrons. The van der Waals surface area contributed by atoms with E-state index in [1.54, 1.807) is 50.3 Å². The predicted octanol–water partition coefficient (Wildman–Crippen LogP) is 9.48. The van der Waals surface area contributed by atoms with Gasteiger partial charge in [0, 0.05) is 94.9 Å². The minimum Gasteiger partial charge on any atom is -0.491 e. The Hall–Kier alpha value is -9.52. The minimum absolute atomic E-state index is 0.0388. The topological polar surface area (TPSA) is 293 Å². The van der Waals surface area contributed by atoms with Gasteiger partial charge in [0.05, 0.1) is 52.0 Å². The summed E-state index contributed by atoms with van der Waals surface area (Å²) in [7, 11) is 0. The highest BCUT2D eigenvalue weighted by Gasteiger charge is 2.47. The Morgan fingerprint density at radius 3 is 1.67 bits per heavy atom. The summed E-state index contributed by atoms with van der Waals surface area (Å²) in [6, 6.07) is 22.2. The quantitative estimate of drug-likeness (QED) is 0.0427. The molecule has 12 rings (SSSR count). The van der Waals surface area contributed by atoms with E-state index in [2.05, 4.69) is 75.8 Å². The van der Waals surface area contributed by atoms with Crippen LogP contribution in [0.2, 0.25) is 0 Å². The van der Waals surface area contributed by atoms with Gasteiger partial charge in [0.2, 0.25) is 29.5 Å². The predicted molar refractivity (Wildman–Crippen MR) is 386 cm³/mol. The molecule has 4 fully saturated rings. The number of benzene rings is 4. The number of β-amino-alcohol motifs (C(OH)–C–C–N with tert-alkyl or cyclic N) is 1. The molecule has 23 nitrogen and oxygen atoms in total. The average Bonchev–Trinajstić information content (AvgIpc) is 1.65. The van der Waals surface area contributed by atoms with Gasteiger partial charge in [-0.3, -0.25) is 48.1 Å². The molecule has 4 aromatic carbocycles. The summed E-state index contributed by atoms with van der Waals surface area (Å²) < 4.78 is 5.79. The molecule has 100 heavy (non-hydrogen) atoms. The van der Waals surface area contributed by atoms with Crippen molar-refractivity contribution in [3.8, 4) is 16.2 Å². The highest BCUT2D eigenvalue weighted by atomic mass is 32.1. The van der Waals surface area contributed by atoms with Crippen LogP contribution in [-0.2, 0) is 43.6 Å². The number of fused-ring (bicyclic) bond motifs is 3. The van der Waals surface area contributed by atoms with Crippen molar-refractivity contribution in [3.05, 3.63) is 166 Å². The van der Waals surface area contributed by atoms with Crippen molar-refractivity contribution in [2.45, 2.75) is 208 Å². The number of allylic oxidation sites excluding steroid dienone is 3. The van der Waals surface area contributed by atoms with E-state index in [4.69, 9.17) is 4.74 Å². The lowest BCUT2D eigenvalue weighted by Gasteiger charge is -2.36. The lowest BCUT2D eigenvalue weighted by atomic mass is 9.85. The zero-order valence-electron chi connectivity index (χ0n) is 59.4. The van der Waals surface area contributed by atoms with E-state index < -0.39 is 48.1 Å². The molecular formula is C76H96N12O11S. The number of thiazole rings is 1. The number of nitrogens with one attached hydrogen (secondary N) is 7. The minimum atomic E-state index is -0.778. The number of amides is 9. The summed E-state index contributed by atoms with van der Waals surface area (Å²) >= 11 is 1.61. The molecule has 0 radical (unpaired) electrons. The number of rotatable bonds is 16. The second-order valence-corrected chi connectivity index (χ2v) is 29.4. The molecule has 1 aromatic heterocycles. The number of aliphatic hydroxyl groups excluding tert-OH is 1. The van der Waals surface area contributed by atoms with Gasteiger partial charge in [-0.1, -0.05) is 96.8 Å². The van der Waals surface area contributed by atoms with Crippen molar-refractivity contribution in [1.29, 1.82) is 0 Å². The van der Waals surface area contributed by atoms with Crippen LogP contribution in [0.3, 0.4) is 0 Å². The Morgan fingerprint density at radius 2 is 1.16 bits per heavy atom. The average molecular weight is 1390 g/mol. The maximum Gasteiger partial charge on any atom is 0.264 e. The maximum absolute atomic E-state index is 13.4. The van der Waals surface area contributed by atoms with Gasteiger partial charge < -0.3 is 61.8 Å². The summed E-state index contributed by atoms with van der Waals surface area (Å²) in [6.45, 7) is 36.7. The normalized spacial score (nSPS) is 20.6. The number of aryl methyl sites for hydroxylation is 1. The maximum atomic E-state index is 13.4. The van der Waals surface area contributed by atoms with Crippen LogP contribution in [0.4, 0.5) is 11.4 Å². The Bertz CT molecular complexity index is 3890. The molecule has 24 heteroatoms. The molecule has 7 aliphatic heterocycles. The molecule has 2 unspecified atom stereocenters. The molecule has 6 atom stereocenters. The third-order valence-corrected chi connectivity index (χ3v) is 19.1. The van der Waals surface area contributed by atoms with Gasteiger partial charge in [0.1, 0.15) is 29.9 Å². The number of nitrogens with zero attached hydrogens (tertiary/aromatic N) is 5. The number of aromatic nitrogens is 1. The number of piperidine rings is 3. The first-order valence-corrected chi connectivity index (χ1v) is 35.2. The van der Waals surface area contributed by atoms with Gasteiger partial charge in [0.25, 0.3) is 23.6 Å². The fourth-order valence-electron chi connectivity index (χ4n) is 13.3. The monoisotopic (exact) mass is 1380 g/mol. The Labute approximate surface area is 590 Å². The van der Waals surface area contributed by atoms with E-state index in [9.17, 15) is 48.3 Å². The molecule has 0 bridgehead atoms. The summed E-state index contributed by atoms with van der Waals surface area (Å²) in [5.74, 6) is -1.27. The fraction of sp³-hybridized carbons (Fsp3) is 0.447. The van der Waals surface area contributed by atoms with E-state index in [0.717, 1.165) is 54.9 Å². The second-order valence-electron chi connectivity index (χ2n) is 28.6. The van der Waals surface area contributed by atoms with Crippen molar-refractivity contribution >= 4 is 75.9 Å². The molecule has 0 spiro atoms. The Kier molecular flexibility index (Phi) is 23.7. The van der Waals surface area contributed by atoms with Crippen LogP contribution in [0, 0.1) is 12.3 Å². The van der Waals surface area contributed by atoms with Gasteiger partial charge in [0.15, 0.2) is 0 Å². The van der Waals surface area contributed by atoms with E-state index in [0.29, 0.717) is 97.5 Å². The van der Waals surface area contributed by atoms with Crippen molar-refractivity contribution in [3.63, 3.8) is 0 Å². The van der Waals surface area contributed by atoms with Crippen molar-refractivity contribution in [2.24, 2.45) is 5.41 Å². The lowest BCUT2D eigenvalue weighted by molar-refractivity contribution is -0.142. The van der Waals surface area contributed by atoms with Gasteiger partial charge in [-0.25, -0.2) is 4.98 Å². The van der Waals surface area contributed by atoms with Crippen molar-refractivity contribution in [2.75, 3.05) is 17.2 Å². The van der Waals surface area contributed by atoms with Crippen LogP contribution in [0.5, 0.6) is 5.75 Å². The summed E-state index contributed by atoms with van der Waals surface area (Å²) in [5.41, 5.74) is 12.1. The number of ether oxygens (including phenoxy) is 1. The number of likely N-dealkylation sites (tertiary alicyclic amines) is 1. The van der Waals surface area contributed by atoms with Gasteiger partial charge in [-0.2, -0.15) is 0 Å². The number of carbonyl (C=O) groups is 9. The molecule has 5 aromatic rings. The first-order valence-electron chi connectivity index (χ1n) is 34.4. The zero-order valence-corrected chi connectivity index (χ0v) is 60.2. The van der Waals surface area contributed by atoms with E-state index in [1.807, 2.05) is 129 Å². The van der Waals surface area contributed by atoms with E-state index >= 15 is 0 Å². The molecule has 0 aliphatic carbocycles. The number of carbonyl (C=O) groups excluding carboxylic acids is 9. The first kappa shape index (κ1) is 74.7. The zero-order chi connectivity index (χ0) is 72.8. The highest BCUT2D eigenvalue weighted by Crippen LogP contribution is 2.38. The molecular weight excluding hydrogens is 1290 g/mol. The third kappa shape index (κ3) is 17.2. The molecule has 8 heterocycles. The number of imide groups is 1.